The summed E-state index contributed by atoms with van der Waals surface area (Å²) < 4.78 is 18.3. The van der Waals surface area contributed by atoms with E-state index in [1.165, 1.54) is 29.2 Å². The number of anilines is 1. The Morgan fingerprint density at radius 2 is 1.96 bits per heavy atom. The normalized spacial score (nSPS) is 17.3. The minimum atomic E-state index is -0.366. The van der Waals surface area contributed by atoms with Gasteiger partial charge in [0.25, 0.3) is 5.91 Å². The Morgan fingerprint density at radius 3 is 2.65 bits per heavy atom. The number of carbonyl (C=O) groups excluding carboxylic acids is 2. The van der Waals surface area contributed by atoms with E-state index in [2.05, 4.69) is 0 Å². The molecule has 5 nitrogen and oxygen atoms in total. The van der Waals surface area contributed by atoms with Crippen LogP contribution in [0.3, 0.4) is 0 Å². The Balaban J connectivity index is 1.62. The molecule has 1 saturated heterocycles. The molecule has 0 saturated carbocycles. The van der Waals surface area contributed by atoms with Gasteiger partial charge in [-0.3, -0.25) is 9.59 Å². The molecule has 1 unspecified atom stereocenters. The fourth-order valence-corrected chi connectivity index (χ4v) is 2.99. The highest BCUT2D eigenvalue weighted by molar-refractivity contribution is 5.98. The molecule has 2 aromatic carbocycles. The molecule has 0 aromatic heterocycles. The first kappa shape index (κ1) is 17.9. The quantitative estimate of drug-likeness (QED) is 0.846. The van der Waals surface area contributed by atoms with Crippen molar-refractivity contribution < 1.29 is 18.7 Å². The van der Waals surface area contributed by atoms with Gasteiger partial charge >= 0.3 is 0 Å². The monoisotopic (exact) mass is 356 g/mol. The maximum Gasteiger partial charge on any atom is 0.261 e. The van der Waals surface area contributed by atoms with Crippen molar-refractivity contribution in [1.82, 2.24) is 4.90 Å². The molecule has 0 bridgehead atoms. The molecule has 1 aliphatic rings. The van der Waals surface area contributed by atoms with Crippen LogP contribution < -0.4 is 9.64 Å². The minimum absolute atomic E-state index is 0.0146. The molecular weight excluding hydrogens is 335 g/mol. The van der Waals surface area contributed by atoms with Crippen molar-refractivity contribution in [3.63, 3.8) is 0 Å². The van der Waals surface area contributed by atoms with Crippen LogP contribution in [0.4, 0.5) is 10.1 Å². The third-order valence-corrected chi connectivity index (χ3v) is 4.40. The average molecular weight is 356 g/mol. The van der Waals surface area contributed by atoms with E-state index in [4.69, 9.17) is 4.74 Å². The fraction of sp³-hybridized carbons (Fsp3) is 0.300. The van der Waals surface area contributed by atoms with Crippen molar-refractivity contribution in [2.75, 3.05) is 24.6 Å². The minimum Gasteiger partial charge on any atom is -0.484 e. The van der Waals surface area contributed by atoms with Gasteiger partial charge in [0.1, 0.15) is 18.1 Å². The van der Waals surface area contributed by atoms with Gasteiger partial charge in [-0.1, -0.05) is 12.1 Å². The number of nitrogens with zero attached hydrogens (tertiary/aromatic N) is 2. The molecule has 0 N–H and O–H groups in total. The number of hydrogen-bond acceptors (Lipinski definition) is 3. The number of ether oxygens (including phenoxy) is 1. The van der Waals surface area contributed by atoms with Crippen LogP contribution >= 0.6 is 0 Å². The first-order chi connectivity index (χ1) is 12.4. The van der Waals surface area contributed by atoms with Gasteiger partial charge in [0.2, 0.25) is 5.91 Å². The van der Waals surface area contributed by atoms with Gasteiger partial charge < -0.3 is 14.5 Å². The number of aryl methyl sites for hydroxylation is 1. The molecule has 1 heterocycles. The van der Waals surface area contributed by atoms with Crippen molar-refractivity contribution in [1.29, 1.82) is 0 Å². The molecule has 0 spiro atoms. The van der Waals surface area contributed by atoms with E-state index in [9.17, 15) is 14.0 Å². The average Bonchev–Trinajstić information content (AvgIpc) is 2.62. The van der Waals surface area contributed by atoms with Crippen LogP contribution in [-0.2, 0) is 9.59 Å². The van der Waals surface area contributed by atoms with E-state index < -0.39 is 0 Å². The summed E-state index contributed by atoms with van der Waals surface area (Å²) in [4.78, 5) is 28.2. The Morgan fingerprint density at radius 1 is 1.23 bits per heavy atom. The molecule has 0 radical (unpaired) electrons. The van der Waals surface area contributed by atoms with Gasteiger partial charge in [-0.2, -0.15) is 0 Å². The first-order valence-corrected chi connectivity index (χ1v) is 8.49. The summed E-state index contributed by atoms with van der Waals surface area (Å²) in [5, 5.41) is 0. The second kappa shape index (κ2) is 7.56. The van der Waals surface area contributed by atoms with Gasteiger partial charge in [0.05, 0.1) is 0 Å². The number of piperazine rings is 1. The molecular formula is C20H21FN2O3. The molecule has 136 valence electrons. The summed E-state index contributed by atoms with van der Waals surface area (Å²) in [5.41, 5.74) is 1.92. The first-order valence-electron chi connectivity index (χ1n) is 8.49. The summed E-state index contributed by atoms with van der Waals surface area (Å²) >= 11 is 0. The zero-order valence-electron chi connectivity index (χ0n) is 14.8. The summed E-state index contributed by atoms with van der Waals surface area (Å²) in [5.74, 6) is -0.338. The molecule has 2 aromatic rings. The smallest absolute Gasteiger partial charge is 0.261 e. The third kappa shape index (κ3) is 4.02. The third-order valence-electron chi connectivity index (χ3n) is 4.40. The molecule has 3 rings (SSSR count). The lowest BCUT2D eigenvalue weighted by Crippen LogP contribution is -2.58. The Hall–Kier alpha value is -2.89. The second-order valence-corrected chi connectivity index (χ2v) is 6.46. The topological polar surface area (TPSA) is 49.9 Å². The number of halogens is 1. The van der Waals surface area contributed by atoms with E-state index >= 15 is 0 Å². The van der Waals surface area contributed by atoms with Crippen molar-refractivity contribution in [2.45, 2.75) is 19.9 Å². The van der Waals surface area contributed by atoms with Gasteiger partial charge in [-0.05, 0) is 55.8 Å². The highest BCUT2D eigenvalue weighted by Crippen LogP contribution is 2.21. The van der Waals surface area contributed by atoms with E-state index in [1.807, 2.05) is 38.1 Å². The van der Waals surface area contributed by atoms with Crippen LogP contribution in [-0.4, -0.2) is 42.5 Å². The maximum atomic E-state index is 12.9. The lowest BCUT2D eigenvalue weighted by Gasteiger charge is -2.39. The lowest BCUT2D eigenvalue weighted by molar-refractivity contribution is -0.141. The summed E-state index contributed by atoms with van der Waals surface area (Å²) in [7, 11) is 0. The van der Waals surface area contributed by atoms with E-state index in [1.54, 1.807) is 4.90 Å². The van der Waals surface area contributed by atoms with Crippen LogP contribution in [0.25, 0.3) is 0 Å². The van der Waals surface area contributed by atoms with Crippen molar-refractivity contribution in [3.05, 3.63) is 59.9 Å². The van der Waals surface area contributed by atoms with E-state index in [-0.39, 0.29) is 36.8 Å². The number of carbonyl (C=O) groups is 2. The summed E-state index contributed by atoms with van der Waals surface area (Å²) in [6, 6.07) is 13.1. The maximum absolute atomic E-state index is 12.9. The summed E-state index contributed by atoms with van der Waals surface area (Å²) in [6.45, 7) is 4.15. The van der Waals surface area contributed by atoms with Crippen LogP contribution in [0, 0.1) is 12.7 Å². The van der Waals surface area contributed by atoms with Gasteiger partial charge in [0, 0.05) is 18.3 Å². The fourth-order valence-electron chi connectivity index (χ4n) is 2.99. The standard InChI is InChI=1S/C20H21FN2O3/c1-14-4-3-5-17(10-14)23-11-15(2)22(12-19(23)24)20(25)13-26-18-8-6-16(21)7-9-18/h3-10,15H,11-13H2,1-2H3. The van der Waals surface area contributed by atoms with Crippen LogP contribution in [0.2, 0.25) is 0 Å². The van der Waals surface area contributed by atoms with E-state index in [0.29, 0.717) is 12.3 Å². The molecule has 1 aliphatic heterocycles. The summed E-state index contributed by atoms with van der Waals surface area (Å²) in [6.07, 6.45) is 0. The zero-order chi connectivity index (χ0) is 18.7. The molecule has 26 heavy (non-hydrogen) atoms. The van der Waals surface area contributed by atoms with Crippen molar-refractivity contribution in [2.24, 2.45) is 0 Å². The zero-order valence-corrected chi connectivity index (χ0v) is 14.8. The molecule has 6 heteroatoms. The highest BCUT2D eigenvalue weighted by atomic mass is 19.1. The number of hydrogen-bond donors (Lipinski definition) is 0. The van der Waals surface area contributed by atoms with Gasteiger partial charge in [-0.15, -0.1) is 0 Å². The van der Waals surface area contributed by atoms with Crippen LogP contribution in [0.15, 0.2) is 48.5 Å². The lowest BCUT2D eigenvalue weighted by atomic mass is 10.1. The van der Waals surface area contributed by atoms with Gasteiger partial charge in [-0.25, -0.2) is 4.39 Å². The Bertz CT molecular complexity index is 807. The second-order valence-electron chi connectivity index (χ2n) is 6.46. The van der Waals surface area contributed by atoms with Gasteiger partial charge in [0.15, 0.2) is 6.61 Å². The van der Waals surface area contributed by atoms with E-state index in [0.717, 1.165) is 11.3 Å². The molecule has 2 amide bonds. The predicted molar refractivity (Wildman–Crippen MR) is 96.6 cm³/mol. The predicted octanol–water partition coefficient (Wildman–Crippen LogP) is 2.78. The van der Waals surface area contributed by atoms with Crippen LogP contribution in [0.5, 0.6) is 5.75 Å². The molecule has 0 aliphatic carbocycles. The molecule has 1 fully saturated rings. The SMILES string of the molecule is Cc1cccc(N2CC(C)N(C(=O)COc3ccc(F)cc3)CC2=O)c1. The van der Waals surface area contributed by atoms with Crippen LogP contribution in [0.1, 0.15) is 12.5 Å². The van der Waals surface area contributed by atoms with Crippen molar-refractivity contribution >= 4 is 17.5 Å². The Kier molecular flexibility index (Phi) is 5.21. The Labute approximate surface area is 152 Å². The highest BCUT2D eigenvalue weighted by Gasteiger charge is 2.33. The van der Waals surface area contributed by atoms with Crippen molar-refractivity contribution in [3.8, 4) is 5.75 Å². The molecule has 1 atom stereocenters. The number of rotatable bonds is 4. The number of benzene rings is 2. The number of amides is 2. The largest absolute Gasteiger partial charge is 0.484 e.